The van der Waals surface area contributed by atoms with Gasteiger partial charge in [-0.2, -0.15) is 0 Å². The van der Waals surface area contributed by atoms with Gasteiger partial charge < -0.3 is 9.47 Å². The normalized spacial score (nSPS) is 25.9. The molecule has 5 unspecified atom stereocenters. The van der Waals surface area contributed by atoms with Crippen molar-refractivity contribution in [3.63, 3.8) is 0 Å². The van der Waals surface area contributed by atoms with Gasteiger partial charge in [0.05, 0.1) is 11.1 Å². The lowest BCUT2D eigenvalue weighted by molar-refractivity contribution is -0.0488. The van der Waals surface area contributed by atoms with Gasteiger partial charge in [-0.05, 0) is 77.8 Å². The lowest BCUT2D eigenvalue weighted by atomic mass is 9.66. The van der Waals surface area contributed by atoms with Crippen LogP contribution in [0.15, 0.2) is 84.9 Å². The topological polar surface area (TPSA) is 52.6 Å². The minimum absolute atomic E-state index is 0.0663. The summed E-state index contributed by atoms with van der Waals surface area (Å²) in [5.74, 6) is 0.708. The fourth-order valence-corrected chi connectivity index (χ4v) is 7.92. The fraction of sp³-hybridized carbons (Fsp3) is 0.394. The van der Waals surface area contributed by atoms with Gasteiger partial charge in [0.15, 0.2) is 0 Å². The number of hydrogen-bond donors (Lipinski definition) is 0. The van der Waals surface area contributed by atoms with Gasteiger partial charge in [0.1, 0.15) is 12.7 Å². The van der Waals surface area contributed by atoms with E-state index >= 15 is 0 Å². The standard InChI is InChI=1S/C33H34O4/c1-22-27-20-25-16-8-9-17-26(25)29(27)30(33(22)18-10-11-19-33)28(37-32(35)24-14-6-3-7-15-24)21-36-31(34)23-12-4-2-5-13-23/h2-9,12-17,22,27-30H,10-11,18-21H2,1H3. The first-order chi connectivity index (χ1) is 18.1. The summed E-state index contributed by atoms with van der Waals surface area (Å²) in [7, 11) is 0. The van der Waals surface area contributed by atoms with E-state index in [9.17, 15) is 9.59 Å². The molecule has 4 nitrogen and oxygen atoms in total. The summed E-state index contributed by atoms with van der Waals surface area (Å²) in [6.07, 6.45) is 5.24. The third-order valence-electron chi connectivity index (χ3n) is 9.52. The predicted octanol–water partition coefficient (Wildman–Crippen LogP) is 6.85. The maximum Gasteiger partial charge on any atom is 0.338 e. The zero-order valence-electron chi connectivity index (χ0n) is 21.3. The van der Waals surface area contributed by atoms with Crippen molar-refractivity contribution in [1.82, 2.24) is 0 Å². The Morgan fingerprint density at radius 1 is 0.838 bits per heavy atom. The van der Waals surface area contributed by atoms with Crippen molar-refractivity contribution in [2.75, 3.05) is 6.61 Å². The summed E-state index contributed by atoms with van der Waals surface area (Å²) in [4.78, 5) is 26.3. The van der Waals surface area contributed by atoms with Crippen LogP contribution in [0.25, 0.3) is 0 Å². The number of carbonyl (C=O) groups excluding carboxylic acids is 2. The van der Waals surface area contributed by atoms with Crippen molar-refractivity contribution in [3.8, 4) is 0 Å². The first kappa shape index (κ1) is 24.0. The zero-order chi connectivity index (χ0) is 25.4. The van der Waals surface area contributed by atoms with Crippen molar-refractivity contribution >= 4 is 11.9 Å². The Hall–Kier alpha value is -3.40. The SMILES string of the molecule is CC1C2Cc3ccccc3C2C(C(COC(=O)c2ccccc2)OC(=O)c2ccccc2)C12CCCC2. The average molecular weight is 495 g/mol. The van der Waals surface area contributed by atoms with Gasteiger partial charge in [0, 0.05) is 5.92 Å². The summed E-state index contributed by atoms with van der Waals surface area (Å²) >= 11 is 0. The molecular weight excluding hydrogens is 460 g/mol. The van der Waals surface area contributed by atoms with Gasteiger partial charge in [-0.15, -0.1) is 0 Å². The molecule has 0 bridgehead atoms. The molecule has 3 aromatic rings. The lowest BCUT2D eigenvalue weighted by Gasteiger charge is -2.41. The summed E-state index contributed by atoms with van der Waals surface area (Å²) in [5, 5.41) is 0. The Balaban J connectivity index is 1.37. The Kier molecular flexibility index (Phi) is 6.36. The average Bonchev–Trinajstić information content (AvgIpc) is 3.64. The summed E-state index contributed by atoms with van der Waals surface area (Å²) in [6.45, 7) is 2.48. The molecule has 6 rings (SSSR count). The highest BCUT2D eigenvalue weighted by molar-refractivity contribution is 5.90. The third-order valence-corrected chi connectivity index (χ3v) is 9.52. The second kappa shape index (κ2) is 9.81. The monoisotopic (exact) mass is 494 g/mol. The Morgan fingerprint density at radius 3 is 2.11 bits per heavy atom. The van der Waals surface area contributed by atoms with E-state index in [1.54, 1.807) is 24.3 Å². The number of esters is 2. The molecule has 2 fully saturated rings. The van der Waals surface area contributed by atoms with Crippen LogP contribution in [0.2, 0.25) is 0 Å². The van der Waals surface area contributed by atoms with E-state index in [0.29, 0.717) is 28.9 Å². The van der Waals surface area contributed by atoms with E-state index in [1.807, 2.05) is 36.4 Å². The first-order valence-electron chi connectivity index (χ1n) is 13.6. The van der Waals surface area contributed by atoms with Crippen molar-refractivity contribution in [2.45, 2.75) is 51.0 Å². The first-order valence-corrected chi connectivity index (χ1v) is 13.6. The highest BCUT2D eigenvalue weighted by Gasteiger charge is 2.63. The van der Waals surface area contributed by atoms with Crippen LogP contribution >= 0.6 is 0 Å². The van der Waals surface area contributed by atoms with E-state index in [4.69, 9.17) is 9.47 Å². The molecule has 3 aliphatic carbocycles. The van der Waals surface area contributed by atoms with Crippen molar-refractivity contribution in [1.29, 1.82) is 0 Å². The summed E-state index contributed by atoms with van der Waals surface area (Å²) < 4.78 is 12.2. The van der Waals surface area contributed by atoms with Crippen molar-refractivity contribution < 1.29 is 19.1 Å². The van der Waals surface area contributed by atoms with Gasteiger partial charge >= 0.3 is 11.9 Å². The molecule has 5 atom stereocenters. The highest BCUT2D eigenvalue weighted by atomic mass is 16.6. The number of fused-ring (bicyclic) bond motifs is 3. The van der Waals surface area contributed by atoms with Crippen LogP contribution in [0.4, 0.5) is 0 Å². The van der Waals surface area contributed by atoms with Crippen LogP contribution in [0, 0.1) is 23.2 Å². The molecule has 0 aliphatic heterocycles. The second-order valence-corrected chi connectivity index (χ2v) is 11.1. The second-order valence-electron chi connectivity index (χ2n) is 11.1. The molecule has 1 spiro atoms. The molecule has 0 radical (unpaired) electrons. The van der Waals surface area contributed by atoms with Gasteiger partial charge in [-0.25, -0.2) is 9.59 Å². The van der Waals surface area contributed by atoms with E-state index in [-0.39, 0.29) is 29.9 Å². The fourth-order valence-electron chi connectivity index (χ4n) is 7.92. The molecule has 0 saturated heterocycles. The van der Waals surface area contributed by atoms with Gasteiger partial charge in [0.25, 0.3) is 0 Å². The van der Waals surface area contributed by atoms with Crippen LogP contribution < -0.4 is 0 Å². The Bertz CT molecular complexity index is 1260. The molecular formula is C33H34O4. The zero-order valence-corrected chi connectivity index (χ0v) is 21.3. The molecule has 0 aromatic heterocycles. The number of rotatable bonds is 6. The van der Waals surface area contributed by atoms with E-state index in [1.165, 1.54) is 24.0 Å². The molecule has 37 heavy (non-hydrogen) atoms. The van der Waals surface area contributed by atoms with Crippen molar-refractivity contribution in [3.05, 3.63) is 107 Å². The van der Waals surface area contributed by atoms with Crippen LogP contribution in [0.5, 0.6) is 0 Å². The molecule has 3 aromatic carbocycles. The number of hydrogen-bond acceptors (Lipinski definition) is 4. The van der Waals surface area contributed by atoms with Crippen LogP contribution in [0.3, 0.4) is 0 Å². The number of benzene rings is 3. The molecule has 190 valence electrons. The number of ether oxygens (including phenoxy) is 2. The summed E-state index contributed by atoms with van der Waals surface area (Å²) in [6, 6.07) is 27.0. The van der Waals surface area contributed by atoms with Crippen LogP contribution in [-0.4, -0.2) is 24.6 Å². The lowest BCUT2D eigenvalue weighted by Crippen LogP contribution is -2.43. The van der Waals surface area contributed by atoms with Gasteiger partial charge in [-0.3, -0.25) is 0 Å². The van der Waals surface area contributed by atoms with Crippen LogP contribution in [0.1, 0.15) is 70.4 Å². The quantitative estimate of drug-likeness (QED) is 0.352. The molecule has 0 N–H and O–H groups in total. The number of carbonyl (C=O) groups is 2. The van der Waals surface area contributed by atoms with Crippen molar-refractivity contribution in [2.24, 2.45) is 23.2 Å². The maximum absolute atomic E-state index is 13.4. The molecule has 0 heterocycles. The Morgan fingerprint density at radius 2 is 1.43 bits per heavy atom. The van der Waals surface area contributed by atoms with Gasteiger partial charge in [0.2, 0.25) is 0 Å². The predicted molar refractivity (Wildman–Crippen MR) is 142 cm³/mol. The van der Waals surface area contributed by atoms with E-state index < -0.39 is 6.10 Å². The smallest absolute Gasteiger partial charge is 0.338 e. The van der Waals surface area contributed by atoms with E-state index in [2.05, 4.69) is 31.2 Å². The van der Waals surface area contributed by atoms with Crippen LogP contribution in [-0.2, 0) is 15.9 Å². The largest absolute Gasteiger partial charge is 0.458 e. The minimum atomic E-state index is -0.512. The highest BCUT2D eigenvalue weighted by Crippen LogP contribution is 2.68. The molecule has 0 amide bonds. The summed E-state index contributed by atoms with van der Waals surface area (Å²) in [5.41, 5.74) is 3.93. The Labute approximate surface area is 219 Å². The molecule has 2 saturated carbocycles. The van der Waals surface area contributed by atoms with Gasteiger partial charge in [-0.1, -0.05) is 80.4 Å². The minimum Gasteiger partial charge on any atom is -0.458 e. The molecule has 3 aliphatic rings. The maximum atomic E-state index is 13.4. The van der Waals surface area contributed by atoms with E-state index in [0.717, 1.165) is 19.3 Å². The molecule has 4 heteroatoms. The third kappa shape index (κ3) is 4.17.